The molecular weight excluding hydrogens is 322 g/mol. The van der Waals surface area contributed by atoms with Crippen molar-refractivity contribution in [1.29, 1.82) is 0 Å². The van der Waals surface area contributed by atoms with Crippen molar-refractivity contribution in [3.63, 3.8) is 0 Å². The molecule has 0 amide bonds. The highest BCUT2D eigenvalue weighted by Crippen LogP contribution is 2.21. The largest absolute Gasteiger partial charge is 0.378 e. The minimum Gasteiger partial charge on any atom is -0.378 e. The molecule has 0 aliphatic carbocycles. The molecule has 0 saturated heterocycles. The Kier molecular flexibility index (Phi) is 4.67. The highest BCUT2D eigenvalue weighted by molar-refractivity contribution is 6.32. The van der Waals surface area contributed by atoms with E-state index in [0.29, 0.717) is 12.2 Å². The summed E-state index contributed by atoms with van der Waals surface area (Å²) in [5.74, 6) is 0. The quantitative estimate of drug-likeness (QED) is 0.781. The summed E-state index contributed by atoms with van der Waals surface area (Å²) in [6.07, 6.45) is 1.56. The summed E-state index contributed by atoms with van der Waals surface area (Å²) in [7, 11) is 1.57. The maximum Gasteiger partial charge on any atom is 0.287 e. The average Bonchev–Trinajstić information content (AvgIpc) is 2.60. The van der Waals surface area contributed by atoms with Crippen LogP contribution in [0.4, 0.5) is 5.69 Å². The Morgan fingerprint density at radius 2 is 1.88 bits per heavy atom. The Bertz CT molecular complexity index is 917. The van der Waals surface area contributed by atoms with Crippen LogP contribution in [-0.4, -0.2) is 9.78 Å². The van der Waals surface area contributed by atoms with E-state index < -0.39 is 0 Å². The van der Waals surface area contributed by atoms with E-state index in [-0.39, 0.29) is 10.6 Å². The number of rotatable bonds is 4. The molecule has 0 aliphatic rings. The molecule has 0 bridgehead atoms. The molecule has 4 nitrogen and oxygen atoms in total. The molecular formula is C19H18ClN3O. The van der Waals surface area contributed by atoms with E-state index in [2.05, 4.69) is 65.9 Å². The van der Waals surface area contributed by atoms with Gasteiger partial charge in [0, 0.05) is 13.6 Å². The third-order valence-electron chi connectivity index (χ3n) is 3.87. The first-order valence-corrected chi connectivity index (χ1v) is 8.04. The number of nitrogens with zero attached hydrogens (tertiary/aromatic N) is 2. The van der Waals surface area contributed by atoms with Crippen molar-refractivity contribution in [3.8, 4) is 11.1 Å². The van der Waals surface area contributed by atoms with Gasteiger partial charge in [0.25, 0.3) is 5.56 Å². The summed E-state index contributed by atoms with van der Waals surface area (Å²) < 4.78 is 1.21. The third kappa shape index (κ3) is 3.49. The number of anilines is 1. The molecule has 0 unspecified atom stereocenters. The van der Waals surface area contributed by atoms with E-state index in [1.807, 2.05) is 0 Å². The zero-order valence-electron chi connectivity index (χ0n) is 13.6. The van der Waals surface area contributed by atoms with Crippen molar-refractivity contribution in [1.82, 2.24) is 9.78 Å². The molecule has 1 aromatic heterocycles. The molecule has 0 saturated carbocycles. The van der Waals surface area contributed by atoms with Gasteiger partial charge >= 0.3 is 0 Å². The molecule has 0 spiro atoms. The Labute approximate surface area is 145 Å². The molecule has 5 heteroatoms. The lowest BCUT2D eigenvalue weighted by Crippen LogP contribution is -2.21. The van der Waals surface area contributed by atoms with Crippen LogP contribution in [0.15, 0.2) is 59.5 Å². The van der Waals surface area contributed by atoms with E-state index in [9.17, 15) is 4.79 Å². The first-order valence-electron chi connectivity index (χ1n) is 7.66. The normalized spacial score (nSPS) is 10.6. The lowest BCUT2D eigenvalue weighted by atomic mass is 10.0. The van der Waals surface area contributed by atoms with Gasteiger partial charge in [-0.15, -0.1) is 0 Å². The predicted octanol–water partition coefficient (Wildman–Crippen LogP) is 4.02. The molecule has 3 aromatic rings. The molecule has 1 heterocycles. The number of aromatic nitrogens is 2. The van der Waals surface area contributed by atoms with Gasteiger partial charge in [0.05, 0.1) is 11.9 Å². The molecule has 2 aromatic carbocycles. The van der Waals surface area contributed by atoms with Crippen LogP contribution in [0.25, 0.3) is 11.1 Å². The van der Waals surface area contributed by atoms with Gasteiger partial charge in [-0.05, 0) is 23.6 Å². The van der Waals surface area contributed by atoms with E-state index in [1.165, 1.54) is 21.4 Å². The lowest BCUT2D eigenvalue weighted by Gasteiger charge is -2.09. The van der Waals surface area contributed by atoms with Gasteiger partial charge in [0.15, 0.2) is 0 Å². The molecule has 0 aliphatic heterocycles. The van der Waals surface area contributed by atoms with Crippen LogP contribution in [0, 0.1) is 6.92 Å². The van der Waals surface area contributed by atoms with Crippen LogP contribution >= 0.6 is 11.6 Å². The zero-order valence-corrected chi connectivity index (χ0v) is 14.3. The molecule has 0 radical (unpaired) electrons. The maximum absolute atomic E-state index is 11.8. The smallest absolute Gasteiger partial charge is 0.287 e. The van der Waals surface area contributed by atoms with Crippen molar-refractivity contribution in [3.05, 3.63) is 81.2 Å². The third-order valence-corrected chi connectivity index (χ3v) is 4.23. The highest BCUT2D eigenvalue weighted by atomic mass is 35.5. The first kappa shape index (κ1) is 16.3. The van der Waals surface area contributed by atoms with Crippen LogP contribution in [0.2, 0.25) is 5.02 Å². The number of hydrogen-bond donors (Lipinski definition) is 1. The van der Waals surface area contributed by atoms with Crippen molar-refractivity contribution in [2.45, 2.75) is 13.5 Å². The molecule has 3 rings (SSSR count). The van der Waals surface area contributed by atoms with Crippen LogP contribution in [0.3, 0.4) is 0 Å². The second kappa shape index (κ2) is 6.89. The Hall–Kier alpha value is -2.59. The summed E-state index contributed by atoms with van der Waals surface area (Å²) in [5, 5.41) is 7.29. The van der Waals surface area contributed by atoms with Crippen molar-refractivity contribution in [2.24, 2.45) is 7.05 Å². The van der Waals surface area contributed by atoms with Crippen molar-refractivity contribution < 1.29 is 0 Å². The van der Waals surface area contributed by atoms with Gasteiger partial charge in [0.1, 0.15) is 5.02 Å². The molecule has 122 valence electrons. The fourth-order valence-corrected chi connectivity index (χ4v) is 2.71. The van der Waals surface area contributed by atoms with Crippen molar-refractivity contribution >= 4 is 17.3 Å². The fraction of sp³-hybridized carbons (Fsp3) is 0.158. The topological polar surface area (TPSA) is 46.9 Å². The number of aryl methyl sites for hydroxylation is 2. The SMILES string of the molecule is Cc1cccc(-c2ccc(CNc3cnn(C)c(=O)c3Cl)cc2)c1. The maximum atomic E-state index is 11.8. The van der Waals surface area contributed by atoms with E-state index >= 15 is 0 Å². The van der Waals surface area contributed by atoms with Gasteiger partial charge in [-0.1, -0.05) is 65.7 Å². The van der Waals surface area contributed by atoms with Crippen LogP contribution in [0.1, 0.15) is 11.1 Å². The molecule has 1 N–H and O–H groups in total. The molecule has 0 fully saturated rings. The first-order chi connectivity index (χ1) is 11.5. The highest BCUT2D eigenvalue weighted by Gasteiger charge is 2.07. The fourth-order valence-electron chi connectivity index (χ4n) is 2.47. The number of benzene rings is 2. The average molecular weight is 340 g/mol. The van der Waals surface area contributed by atoms with Crippen LogP contribution in [-0.2, 0) is 13.6 Å². The van der Waals surface area contributed by atoms with Crippen LogP contribution in [0.5, 0.6) is 0 Å². The summed E-state index contributed by atoms with van der Waals surface area (Å²) >= 11 is 6.05. The second-order valence-electron chi connectivity index (χ2n) is 5.72. The Balaban J connectivity index is 1.73. The lowest BCUT2D eigenvalue weighted by molar-refractivity contribution is 0.708. The van der Waals surface area contributed by atoms with Gasteiger partial charge in [-0.25, -0.2) is 4.68 Å². The molecule has 0 atom stereocenters. The van der Waals surface area contributed by atoms with Gasteiger partial charge in [-0.3, -0.25) is 4.79 Å². The second-order valence-corrected chi connectivity index (χ2v) is 6.10. The van der Waals surface area contributed by atoms with Crippen molar-refractivity contribution in [2.75, 3.05) is 5.32 Å². The van der Waals surface area contributed by atoms with Gasteiger partial charge in [-0.2, -0.15) is 5.10 Å². The van der Waals surface area contributed by atoms with Gasteiger partial charge in [0.2, 0.25) is 0 Å². The summed E-state index contributed by atoms with van der Waals surface area (Å²) in [6.45, 7) is 2.66. The number of nitrogens with one attached hydrogen (secondary N) is 1. The Morgan fingerprint density at radius 3 is 2.58 bits per heavy atom. The number of halogens is 1. The van der Waals surface area contributed by atoms with E-state index in [0.717, 1.165) is 5.56 Å². The zero-order chi connectivity index (χ0) is 17.1. The van der Waals surface area contributed by atoms with E-state index in [1.54, 1.807) is 13.2 Å². The summed E-state index contributed by atoms with van der Waals surface area (Å²) in [5.41, 5.74) is 4.96. The Morgan fingerprint density at radius 1 is 1.12 bits per heavy atom. The number of hydrogen-bond acceptors (Lipinski definition) is 3. The van der Waals surface area contributed by atoms with Crippen LogP contribution < -0.4 is 10.9 Å². The predicted molar refractivity (Wildman–Crippen MR) is 98.4 cm³/mol. The standard InChI is InChI=1S/C19H18ClN3O/c1-13-4-3-5-16(10-13)15-8-6-14(7-9-15)11-21-17-12-22-23(2)19(24)18(17)20/h3-10,12,21H,11H2,1-2H3. The van der Waals surface area contributed by atoms with Gasteiger partial charge < -0.3 is 5.32 Å². The monoisotopic (exact) mass is 339 g/mol. The summed E-state index contributed by atoms with van der Waals surface area (Å²) in [6, 6.07) is 16.7. The minimum absolute atomic E-state index is 0.156. The summed E-state index contributed by atoms with van der Waals surface area (Å²) in [4.78, 5) is 11.8. The molecule has 24 heavy (non-hydrogen) atoms. The van der Waals surface area contributed by atoms with E-state index in [4.69, 9.17) is 11.6 Å². The minimum atomic E-state index is -0.309.